The molecule has 0 unspecified atom stereocenters. The van der Waals surface area contributed by atoms with Gasteiger partial charge in [-0.1, -0.05) is 32.4 Å². The molecule has 0 fully saturated rings. The fourth-order valence-corrected chi connectivity index (χ4v) is 2.33. The minimum absolute atomic E-state index is 0.146. The Hall–Kier alpha value is -0.983. The Morgan fingerprint density at radius 3 is 2.29 bits per heavy atom. The highest BCUT2D eigenvalue weighted by Crippen LogP contribution is 2.37. The summed E-state index contributed by atoms with van der Waals surface area (Å²) in [5, 5.41) is 9.40. The van der Waals surface area contributed by atoms with Gasteiger partial charge in [0, 0.05) is 0 Å². The van der Waals surface area contributed by atoms with Crippen molar-refractivity contribution in [1.82, 2.24) is 0 Å². The van der Waals surface area contributed by atoms with E-state index in [9.17, 15) is 0 Å². The maximum absolute atomic E-state index is 8.80. The van der Waals surface area contributed by atoms with Gasteiger partial charge >= 0.3 is 0 Å². The summed E-state index contributed by atoms with van der Waals surface area (Å²) in [6.07, 6.45) is 0. The molecule has 0 amide bonds. The van der Waals surface area contributed by atoms with E-state index in [1.54, 1.807) is 12.1 Å². The van der Waals surface area contributed by atoms with Crippen molar-refractivity contribution in [3.8, 4) is 11.8 Å². The Kier molecular flexibility index (Phi) is 3.90. The third-order valence-corrected chi connectivity index (χ3v) is 7.91. The van der Waals surface area contributed by atoms with Gasteiger partial charge < -0.3 is 4.43 Å². The number of nitriles is 1. The molecule has 17 heavy (non-hydrogen) atoms. The smallest absolute Gasteiger partial charge is 0.250 e. The van der Waals surface area contributed by atoms with Crippen LogP contribution in [0.3, 0.4) is 0 Å². The van der Waals surface area contributed by atoms with Crippen LogP contribution < -0.4 is 4.43 Å². The lowest BCUT2D eigenvalue weighted by Gasteiger charge is -2.36. The zero-order chi connectivity index (χ0) is 13.3. The van der Waals surface area contributed by atoms with Crippen molar-refractivity contribution in [2.75, 3.05) is 0 Å². The van der Waals surface area contributed by atoms with Crippen LogP contribution in [0.15, 0.2) is 18.2 Å². The lowest BCUT2D eigenvalue weighted by atomic mass is 10.2. The predicted octanol–water partition coefficient (Wildman–Crippen LogP) is 4.60. The fourth-order valence-electron chi connectivity index (χ4n) is 1.10. The van der Waals surface area contributed by atoms with E-state index in [4.69, 9.17) is 21.3 Å². The maximum atomic E-state index is 8.80. The van der Waals surface area contributed by atoms with Crippen LogP contribution in [0.25, 0.3) is 0 Å². The summed E-state index contributed by atoms with van der Waals surface area (Å²) in [5.41, 5.74) is 0.481. The number of rotatable bonds is 2. The molecule has 0 heterocycles. The number of nitrogens with zero attached hydrogens (tertiary/aromatic N) is 1. The Labute approximate surface area is 109 Å². The van der Waals surface area contributed by atoms with Gasteiger partial charge in [-0.15, -0.1) is 0 Å². The average Bonchev–Trinajstić information content (AvgIpc) is 2.15. The topological polar surface area (TPSA) is 33.0 Å². The molecular formula is C13H18ClNOSi. The summed E-state index contributed by atoms with van der Waals surface area (Å²) in [6.45, 7) is 10.9. The van der Waals surface area contributed by atoms with Crippen LogP contribution in [-0.2, 0) is 0 Å². The Morgan fingerprint density at radius 2 is 1.88 bits per heavy atom. The van der Waals surface area contributed by atoms with Gasteiger partial charge in [0.2, 0.25) is 8.32 Å². The summed E-state index contributed by atoms with van der Waals surface area (Å²) in [4.78, 5) is 0. The first kappa shape index (κ1) is 14.1. The van der Waals surface area contributed by atoms with E-state index in [0.717, 1.165) is 5.75 Å². The molecule has 92 valence electrons. The molecule has 4 heteroatoms. The fraction of sp³-hybridized carbons (Fsp3) is 0.462. The normalized spacial score (nSPS) is 12.1. The molecule has 1 aromatic carbocycles. The molecule has 1 rings (SSSR count). The van der Waals surface area contributed by atoms with Gasteiger partial charge in [0.25, 0.3) is 0 Å². The predicted molar refractivity (Wildman–Crippen MR) is 74.0 cm³/mol. The van der Waals surface area contributed by atoms with E-state index in [0.29, 0.717) is 10.6 Å². The third-order valence-electron chi connectivity index (χ3n) is 3.24. The summed E-state index contributed by atoms with van der Waals surface area (Å²) in [7, 11) is -1.84. The highest BCUT2D eigenvalue weighted by molar-refractivity contribution is 6.74. The zero-order valence-corrected chi connectivity index (χ0v) is 12.7. The SMILES string of the molecule is CC(C)(C)[Si](C)(C)Oc1ccc(C#N)c(Cl)c1. The van der Waals surface area contributed by atoms with Crippen LogP contribution >= 0.6 is 11.6 Å². The largest absolute Gasteiger partial charge is 0.543 e. The molecule has 0 N–H and O–H groups in total. The minimum atomic E-state index is -1.84. The number of hydrogen-bond acceptors (Lipinski definition) is 2. The molecule has 1 aromatic rings. The van der Waals surface area contributed by atoms with Crippen LogP contribution in [-0.4, -0.2) is 8.32 Å². The monoisotopic (exact) mass is 267 g/mol. The van der Waals surface area contributed by atoms with Gasteiger partial charge in [0.1, 0.15) is 11.8 Å². The zero-order valence-electron chi connectivity index (χ0n) is 11.0. The highest BCUT2D eigenvalue weighted by Gasteiger charge is 2.38. The number of hydrogen-bond donors (Lipinski definition) is 0. The maximum Gasteiger partial charge on any atom is 0.250 e. The quantitative estimate of drug-likeness (QED) is 0.734. The molecule has 0 aliphatic rings. The average molecular weight is 268 g/mol. The van der Waals surface area contributed by atoms with Crippen LogP contribution in [0, 0.1) is 11.3 Å². The standard InChI is InChI=1S/C13H18ClNOSi/c1-13(2,3)17(4,5)16-11-7-6-10(9-15)12(14)8-11/h6-8H,1-5H3. The van der Waals surface area contributed by atoms with Gasteiger partial charge in [0.05, 0.1) is 10.6 Å². The van der Waals surface area contributed by atoms with Crippen molar-refractivity contribution in [2.45, 2.75) is 38.9 Å². The van der Waals surface area contributed by atoms with Gasteiger partial charge in [-0.25, -0.2) is 0 Å². The second kappa shape index (κ2) is 4.71. The van der Waals surface area contributed by atoms with Crippen molar-refractivity contribution in [1.29, 1.82) is 5.26 Å². The summed E-state index contributed by atoms with van der Waals surface area (Å²) in [5.74, 6) is 0.751. The molecule has 0 spiro atoms. The van der Waals surface area contributed by atoms with Crippen molar-refractivity contribution in [3.63, 3.8) is 0 Å². The first-order chi connectivity index (χ1) is 7.67. The summed E-state index contributed by atoms with van der Waals surface area (Å²) in [6, 6.07) is 7.27. The molecule has 0 bridgehead atoms. The summed E-state index contributed by atoms with van der Waals surface area (Å²) < 4.78 is 6.09. The number of halogens is 1. The van der Waals surface area contributed by atoms with Crippen LogP contribution in [0.5, 0.6) is 5.75 Å². The second-order valence-electron chi connectivity index (χ2n) is 5.62. The molecular weight excluding hydrogens is 250 g/mol. The lowest BCUT2D eigenvalue weighted by molar-refractivity contribution is 0.492. The molecule has 0 radical (unpaired) electrons. The second-order valence-corrected chi connectivity index (χ2v) is 10.7. The molecule has 0 aliphatic heterocycles. The first-order valence-corrected chi connectivity index (χ1v) is 8.85. The lowest BCUT2D eigenvalue weighted by Crippen LogP contribution is -2.43. The minimum Gasteiger partial charge on any atom is -0.543 e. The molecule has 0 aromatic heterocycles. The van der Waals surface area contributed by atoms with E-state index in [2.05, 4.69) is 33.9 Å². The Bertz CT molecular complexity index is 457. The molecule has 0 saturated heterocycles. The van der Waals surface area contributed by atoms with Crippen molar-refractivity contribution < 1.29 is 4.43 Å². The van der Waals surface area contributed by atoms with Crippen LogP contribution in [0.1, 0.15) is 26.3 Å². The summed E-state index contributed by atoms with van der Waals surface area (Å²) >= 11 is 5.99. The Morgan fingerprint density at radius 1 is 1.29 bits per heavy atom. The number of benzene rings is 1. The van der Waals surface area contributed by atoms with Crippen molar-refractivity contribution in [3.05, 3.63) is 28.8 Å². The van der Waals surface area contributed by atoms with E-state index in [1.165, 1.54) is 0 Å². The van der Waals surface area contributed by atoms with Crippen molar-refractivity contribution in [2.24, 2.45) is 0 Å². The molecule has 0 saturated carbocycles. The molecule has 2 nitrogen and oxygen atoms in total. The molecule has 0 aliphatic carbocycles. The highest BCUT2D eigenvalue weighted by atomic mass is 35.5. The Balaban J connectivity index is 2.98. The van der Waals surface area contributed by atoms with E-state index in [-0.39, 0.29) is 5.04 Å². The van der Waals surface area contributed by atoms with E-state index < -0.39 is 8.32 Å². The van der Waals surface area contributed by atoms with Gasteiger partial charge in [-0.05, 0) is 36.3 Å². The van der Waals surface area contributed by atoms with E-state index in [1.807, 2.05) is 12.1 Å². The van der Waals surface area contributed by atoms with Crippen LogP contribution in [0.4, 0.5) is 0 Å². The van der Waals surface area contributed by atoms with Crippen LogP contribution in [0.2, 0.25) is 23.2 Å². The first-order valence-electron chi connectivity index (χ1n) is 5.56. The van der Waals surface area contributed by atoms with Gasteiger partial charge in [-0.3, -0.25) is 0 Å². The third kappa shape index (κ3) is 3.24. The van der Waals surface area contributed by atoms with Gasteiger partial charge in [-0.2, -0.15) is 5.26 Å². The van der Waals surface area contributed by atoms with E-state index >= 15 is 0 Å². The van der Waals surface area contributed by atoms with Crippen molar-refractivity contribution >= 4 is 19.9 Å². The molecule has 0 atom stereocenters. The van der Waals surface area contributed by atoms with Gasteiger partial charge in [0.15, 0.2) is 0 Å².